The molecule has 0 saturated carbocycles. The number of rotatable bonds is 4. The predicted molar refractivity (Wildman–Crippen MR) is 109 cm³/mol. The van der Waals surface area contributed by atoms with Gasteiger partial charge in [-0.3, -0.25) is 4.79 Å². The van der Waals surface area contributed by atoms with Gasteiger partial charge in [0.15, 0.2) is 0 Å². The summed E-state index contributed by atoms with van der Waals surface area (Å²) in [6.45, 7) is 7.72. The van der Waals surface area contributed by atoms with E-state index in [0.29, 0.717) is 19.5 Å². The van der Waals surface area contributed by atoms with Gasteiger partial charge in [-0.1, -0.05) is 6.58 Å². The molecule has 0 aromatic heterocycles. The fourth-order valence-electron chi connectivity index (χ4n) is 4.31. The number of nitrogens with one attached hydrogen (secondary N) is 2. The van der Waals surface area contributed by atoms with Gasteiger partial charge >= 0.3 is 0 Å². The van der Waals surface area contributed by atoms with Gasteiger partial charge in [-0.15, -0.1) is 0 Å². The molecule has 0 aliphatic carbocycles. The summed E-state index contributed by atoms with van der Waals surface area (Å²) in [5, 5.41) is 16.0. The zero-order chi connectivity index (χ0) is 19.7. The molecule has 28 heavy (non-hydrogen) atoms. The molecule has 7 heteroatoms. The first-order valence-electron chi connectivity index (χ1n) is 9.62. The maximum atomic E-state index is 12.6. The second-order valence-electron chi connectivity index (χ2n) is 7.84. The molecule has 3 aliphatic heterocycles. The standard InChI is InChI=1S/C21H26N6O/c1-3-25-11-16-8-17(27-15-21(9-20(27)28)13-24-14-21)4-5-19(16)26(7-6-23-2)18(10-22)12-25/h3-8,18,23-24H,1,9,11-15H2,2H3/b7-6-. The van der Waals surface area contributed by atoms with Crippen molar-refractivity contribution in [2.24, 2.45) is 5.41 Å². The van der Waals surface area contributed by atoms with Crippen LogP contribution in [0, 0.1) is 16.7 Å². The van der Waals surface area contributed by atoms with E-state index in [-0.39, 0.29) is 17.4 Å². The number of carbonyl (C=O) groups excluding carboxylic acids is 1. The van der Waals surface area contributed by atoms with Gasteiger partial charge < -0.3 is 25.3 Å². The molecule has 1 atom stereocenters. The monoisotopic (exact) mass is 378 g/mol. The molecule has 3 aliphatic rings. The third-order valence-corrected chi connectivity index (χ3v) is 5.90. The maximum Gasteiger partial charge on any atom is 0.227 e. The number of carbonyl (C=O) groups is 1. The van der Waals surface area contributed by atoms with Gasteiger partial charge in [0.25, 0.3) is 0 Å². The van der Waals surface area contributed by atoms with Crippen LogP contribution >= 0.6 is 0 Å². The van der Waals surface area contributed by atoms with Gasteiger partial charge in [0.2, 0.25) is 5.91 Å². The van der Waals surface area contributed by atoms with E-state index < -0.39 is 0 Å². The van der Waals surface area contributed by atoms with Crippen molar-refractivity contribution in [2.45, 2.75) is 19.0 Å². The van der Waals surface area contributed by atoms with Gasteiger partial charge in [-0.2, -0.15) is 5.26 Å². The van der Waals surface area contributed by atoms with Gasteiger partial charge in [0.05, 0.1) is 12.6 Å². The molecule has 2 saturated heterocycles. The van der Waals surface area contributed by atoms with E-state index in [9.17, 15) is 10.1 Å². The molecule has 1 unspecified atom stereocenters. The second-order valence-corrected chi connectivity index (χ2v) is 7.84. The zero-order valence-corrected chi connectivity index (χ0v) is 16.2. The molecule has 1 spiro atoms. The largest absolute Gasteiger partial charge is 0.393 e. The summed E-state index contributed by atoms with van der Waals surface area (Å²) >= 11 is 0. The minimum absolute atomic E-state index is 0.102. The Hall–Kier alpha value is -2.98. The number of fused-ring (bicyclic) bond motifs is 1. The van der Waals surface area contributed by atoms with Crippen LogP contribution in [0.15, 0.2) is 43.4 Å². The normalized spacial score (nSPS) is 23.4. The van der Waals surface area contributed by atoms with Crippen LogP contribution in [0.1, 0.15) is 12.0 Å². The zero-order valence-electron chi connectivity index (χ0n) is 16.2. The Bertz CT molecular complexity index is 853. The lowest BCUT2D eigenvalue weighted by Gasteiger charge is -2.38. The van der Waals surface area contributed by atoms with Crippen LogP contribution in [0.3, 0.4) is 0 Å². The number of amides is 1. The van der Waals surface area contributed by atoms with E-state index >= 15 is 0 Å². The highest BCUT2D eigenvalue weighted by molar-refractivity contribution is 5.97. The number of hydrogen-bond acceptors (Lipinski definition) is 6. The van der Waals surface area contributed by atoms with E-state index in [1.165, 1.54) is 0 Å². The molecule has 2 N–H and O–H groups in total. The highest BCUT2D eigenvalue weighted by atomic mass is 16.2. The molecule has 1 amide bonds. The van der Waals surface area contributed by atoms with Crippen LogP contribution in [0.5, 0.6) is 0 Å². The fraction of sp³-hybridized carbons (Fsp3) is 0.429. The number of benzene rings is 1. The van der Waals surface area contributed by atoms with Crippen molar-refractivity contribution in [3.63, 3.8) is 0 Å². The van der Waals surface area contributed by atoms with E-state index in [0.717, 1.165) is 36.6 Å². The van der Waals surface area contributed by atoms with Crippen LogP contribution in [-0.2, 0) is 11.3 Å². The van der Waals surface area contributed by atoms with Crippen molar-refractivity contribution in [3.8, 4) is 6.07 Å². The van der Waals surface area contributed by atoms with Crippen LogP contribution in [0.2, 0.25) is 0 Å². The molecule has 3 heterocycles. The lowest BCUT2D eigenvalue weighted by molar-refractivity contribution is -0.118. The first kappa shape index (κ1) is 18.4. The highest BCUT2D eigenvalue weighted by Crippen LogP contribution is 2.39. The van der Waals surface area contributed by atoms with Crippen molar-refractivity contribution in [1.82, 2.24) is 15.5 Å². The topological polar surface area (TPSA) is 74.6 Å². The molecule has 7 nitrogen and oxygen atoms in total. The molecule has 1 aromatic rings. The number of nitriles is 1. The SMILES string of the molecule is C=CN1Cc2cc(N3CC4(CNC4)CC3=O)ccc2N(/C=C\NC)C(C#N)C1. The Morgan fingerprint density at radius 3 is 2.86 bits per heavy atom. The Labute approximate surface area is 165 Å². The summed E-state index contributed by atoms with van der Waals surface area (Å²) in [6, 6.07) is 8.19. The maximum absolute atomic E-state index is 12.6. The number of hydrogen-bond donors (Lipinski definition) is 2. The van der Waals surface area contributed by atoms with Gasteiger partial charge in [-0.05, 0) is 30.0 Å². The van der Waals surface area contributed by atoms with Gasteiger partial charge in [0, 0.05) is 68.8 Å². The first-order valence-corrected chi connectivity index (χ1v) is 9.62. The quantitative estimate of drug-likeness (QED) is 0.824. The molecular formula is C21H26N6O. The van der Waals surface area contributed by atoms with Gasteiger partial charge in [-0.25, -0.2) is 0 Å². The van der Waals surface area contributed by atoms with Crippen LogP contribution in [0.25, 0.3) is 0 Å². The average Bonchev–Trinajstić information content (AvgIpc) is 2.96. The van der Waals surface area contributed by atoms with Crippen molar-refractivity contribution in [1.29, 1.82) is 5.26 Å². The molecule has 1 aromatic carbocycles. The summed E-state index contributed by atoms with van der Waals surface area (Å²) in [6.07, 6.45) is 6.11. The lowest BCUT2D eigenvalue weighted by Crippen LogP contribution is -2.54. The summed E-state index contributed by atoms with van der Waals surface area (Å²) in [4.78, 5) is 18.6. The Balaban J connectivity index is 1.71. The molecule has 146 valence electrons. The fourth-order valence-corrected chi connectivity index (χ4v) is 4.31. The van der Waals surface area contributed by atoms with Crippen LogP contribution in [-0.4, -0.2) is 50.1 Å². The summed E-state index contributed by atoms with van der Waals surface area (Å²) in [5.74, 6) is 0.192. The van der Waals surface area contributed by atoms with Gasteiger partial charge in [0.1, 0.15) is 6.04 Å². The summed E-state index contributed by atoms with van der Waals surface area (Å²) < 4.78 is 0. The van der Waals surface area contributed by atoms with E-state index in [1.807, 2.05) is 46.3 Å². The second kappa shape index (κ2) is 7.21. The third-order valence-electron chi connectivity index (χ3n) is 5.90. The van der Waals surface area contributed by atoms with E-state index in [1.54, 1.807) is 6.20 Å². The third kappa shape index (κ3) is 3.10. The van der Waals surface area contributed by atoms with Crippen molar-refractivity contribution in [3.05, 3.63) is 48.9 Å². The Morgan fingerprint density at radius 1 is 1.43 bits per heavy atom. The molecule has 4 rings (SSSR count). The minimum Gasteiger partial charge on any atom is -0.393 e. The molecule has 2 fully saturated rings. The smallest absolute Gasteiger partial charge is 0.227 e. The Morgan fingerprint density at radius 2 is 2.25 bits per heavy atom. The number of anilines is 2. The minimum atomic E-state index is -0.326. The Kier molecular flexibility index (Phi) is 4.73. The average molecular weight is 378 g/mol. The van der Waals surface area contributed by atoms with E-state index in [2.05, 4.69) is 29.3 Å². The molecule has 0 bridgehead atoms. The van der Waals surface area contributed by atoms with Crippen LogP contribution in [0.4, 0.5) is 11.4 Å². The molecular weight excluding hydrogens is 352 g/mol. The van der Waals surface area contributed by atoms with E-state index in [4.69, 9.17) is 0 Å². The van der Waals surface area contributed by atoms with Crippen LogP contribution < -0.4 is 20.4 Å². The van der Waals surface area contributed by atoms with Crippen molar-refractivity contribution in [2.75, 3.05) is 43.0 Å². The van der Waals surface area contributed by atoms with Crippen molar-refractivity contribution >= 4 is 17.3 Å². The summed E-state index contributed by atoms with van der Waals surface area (Å²) in [5.41, 5.74) is 3.10. The first-order chi connectivity index (χ1) is 13.6. The predicted octanol–water partition coefficient (Wildman–Crippen LogP) is 1.36. The highest BCUT2D eigenvalue weighted by Gasteiger charge is 2.47. The summed E-state index contributed by atoms with van der Waals surface area (Å²) in [7, 11) is 1.83. The lowest BCUT2D eigenvalue weighted by atomic mass is 9.81. The van der Waals surface area contributed by atoms with Crippen molar-refractivity contribution < 1.29 is 4.79 Å². The number of nitrogens with zero attached hydrogens (tertiary/aromatic N) is 4. The molecule has 0 radical (unpaired) electrons.